The van der Waals surface area contributed by atoms with Crippen LogP contribution in [0.15, 0.2) is 0 Å². The number of ether oxygens (including phenoxy) is 1. The number of hydrogen-bond acceptors (Lipinski definition) is 2. The van der Waals surface area contributed by atoms with Gasteiger partial charge in [0, 0.05) is 6.04 Å². The molecule has 14 heavy (non-hydrogen) atoms. The lowest BCUT2D eigenvalue weighted by atomic mass is 10.1. The molecule has 0 aliphatic carbocycles. The van der Waals surface area contributed by atoms with Gasteiger partial charge in [0.1, 0.15) is 5.38 Å². The highest BCUT2D eigenvalue weighted by Gasteiger charge is 2.32. The van der Waals surface area contributed by atoms with Gasteiger partial charge >= 0.3 is 0 Å². The van der Waals surface area contributed by atoms with Crippen molar-refractivity contribution in [3.63, 3.8) is 0 Å². The zero-order valence-corrected chi connectivity index (χ0v) is 9.67. The predicted molar refractivity (Wildman–Crippen MR) is 56.5 cm³/mol. The third-order valence-corrected chi connectivity index (χ3v) is 2.75. The van der Waals surface area contributed by atoms with Gasteiger partial charge in [-0.05, 0) is 33.6 Å². The van der Waals surface area contributed by atoms with Crippen LogP contribution in [0.2, 0.25) is 0 Å². The molecule has 3 nitrogen and oxygen atoms in total. The Balaban J connectivity index is 2.40. The van der Waals surface area contributed by atoms with Crippen LogP contribution in [0.3, 0.4) is 0 Å². The number of amides is 1. The average Bonchev–Trinajstić information content (AvgIpc) is 2.49. The second-order valence-corrected chi connectivity index (χ2v) is 4.60. The molecule has 1 heterocycles. The van der Waals surface area contributed by atoms with Crippen LogP contribution in [-0.2, 0) is 9.53 Å². The molecule has 1 aliphatic heterocycles. The van der Waals surface area contributed by atoms with E-state index in [1.54, 1.807) is 0 Å². The van der Waals surface area contributed by atoms with Crippen molar-refractivity contribution in [1.82, 2.24) is 5.32 Å². The van der Waals surface area contributed by atoms with Crippen LogP contribution in [0.5, 0.6) is 0 Å². The Hall–Kier alpha value is -0.280. The maximum absolute atomic E-state index is 11.5. The van der Waals surface area contributed by atoms with Crippen LogP contribution in [0.25, 0.3) is 0 Å². The van der Waals surface area contributed by atoms with E-state index in [-0.39, 0.29) is 24.2 Å². The number of carbonyl (C=O) groups is 1. The number of nitrogens with one attached hydrogen (secondary N) is 1. The summed E-state index contributed by atoms with van der Waals surface area (Å²) in [5.41, 5.74) is 0. The fourth-order valence-electron chi connectivity index (χ4n) is 1.58. The molecule has 0 aromatic heterocycles. The largest absolute Gasteiger partial charge is 0.373 e. The van der Waals surface area contributed by atoms with Crippen LogP contribution in [0.1, 0.15) is 33.6 Å². The molecule has 0 saturated carbocycles. The summed E-state index contributed by atoms with van der Waals surface area (Å²) in [5, 5.41) is 2.23. The van der Waals surface area contributed by atoms with Gasteiger partial charge < -0.3 is 10.1 Å². The zero-order valence-electron chi connectivity index (χ0n) is 8.92. The van der Waals surface area contributed by atoms with Crippen molar-refractivity contribution in [3.8, 4) is 0 Å². The first kappa shape index (κ1) is 11.8. The maximum Gasteiger partial charge on any atom is 0.240 e. The van der Waals surface area contributed by atoms with Crippen LogP contribution in [-0.4, -0.2) is 29.5 Å². The van der Waals surface area contributed by atoms with Gasteiger partial charge in [-0.2, -0.15) is 0 Å². The van der Waals surface area contributed by atoms with Gasteiger partial charge in [-0.1, -0.05) is 0 Å². The standard InChI is InChI=1S/C10H18ClNO2/c1-6(2)12-10(13)9(11)8-5-4-7(3)14-8/h6-9H,4-5H2,1-3H3,(H,12,13). The Morgan fingerprint density at radius 2 is 2.14 bits per heavy atom. The van der Waals surface area contributed by atoms with Crippen molar-refractivity contribution in [2.45, 2.75) is 57.2 Å². The van der Waals surface area contributed by atoms with E-state index in [9.17, 15) is 4.79 Å². The summed E-state index contributed by atoms with van der Waals surface area (Å²) in [5.74, 6) is -0.124. The van der Waals surface area contributed by atoms with Gasteiger partial charge in [-0.15, -0.1) is 11.6 Å². The third-order valence-electron chi connectivity index (χ3n) is 2.27. The van der Waals surface area contributed by atoms with E-state index in [1.807, 2.05) is 20.8 Å². The van der Waals surface area contributed by atoms with Crippen LogP contribution in [0.4, 0.5) is 0 Å². The van der Waals surface area contributed by atoms with E-state index in [4.69, 9.17) is 16.3 Å². The number of alkyl halides is 1. The Labute approximate surface area is 90.1 Å². The highest BCUT2D eigenvalue weighted by molar-refractivity contribution is 6.31. The molecule has 1 amide bonds. The van der Waals surface area contributed by atoms with E-state index in [0.717, 1.165) is 12.8 Å². The minimum atomic E-state index is -0.553. The first-order valence-electron chi connectivity index (χ1n) is 5.10. The van der Waals surface area contributed by atoms with Crippen molar-refractivity contribution in [2.75, 3.05) is 0 Å². The molecule has 3 atom stereocenters. The maximum atomic E-state index is 11.5. The molecule has 1 aliphatic rings. The van der Waals surface area contributed by atoms with E-state index in [2.05, 4.69) is 5.32 Å². The molecule has 0 aromatic rings. The predicted octanol–water partition coefficient (Wildman–Crippen LogP) is 1.69. The normalized spacial score (nSPS) is 29.2. The minimum Gasteiger partial charge on any atom is -0.373 e. The van der Waals surface area contributed by atoms with E-state index < -0.39 is 5.38 Å². The average molecular weight is 220 g/mol. The van der Waals surface area contributed by atoms with Gasteiger partial charge in [0.2, 0.25) is 5.91 Å². The molecule has 1 rings (SSSR count). The molecular formula is C10H18ClNO2. The van der Waals surface area contributed by atoms with Crippen molar-refractivity contribution < 1.29 is 9.53 Å². The Kier molecular flexibility index (Phi) is 4.20. The van der Waals surface area contributed by atoms with Gasteiger partial charge in [0.25, 0.3) is 0 Å². The molecule has 0 bridgehead atoms. The molecule has 1 N–H and O–H groups in total. The number of hydrogen-bond donors (Lipinski definition) is 1. The summed E-state index contributed by atoms with van der Waals surface area (Å²) in [6, 6.07) is 0.127. The second-order valence-electron chi connectivity index (χ2n) is 4.13. The summed E-state index contributed by atoms with van der Waals surface area (Å²) < 4.78 is 5.53. The van der Waals surface area contributed by atoms with Gasteiger partial charge in [-0.3, -0.25) is 4.79 Å². The highest BCUT2D eigenvalue weighted by atomic mass is 35.5. The summed E-state index contributed by atoms with van der Waals surface area (Å²) in [7, 11) is 0. The number of rotatable bonds is 3. The Bertz CT molecular complexity index is 208. The van der Waals surface area contributed by atoms with E-state index in [0.29, 0.717) is 0 Å². The third kappa shape index (κ3) is 3.14. The van der Waals surface area contributed by atoms with Crippen LogP contribution < -0.4 is 5.32 Å². The number of halogens is 1. The Morgan fingerprint density at radius 3 is 2.57 bits per heavy atom. The van der Waals surface area contributed by atoms with Crippen LogP contribution in [0, 0.1) is 0 Å². The zero-order chi connectivity index (χ0) is 10.7. The minimum absolute atomic E-state index is 0.120. The molecule has 1 saturated heterocycles. The molecule has 3 unspecified atom stereocenters. The van der Waals surface area contributed by atoms with Crippen molar-refractivity contribution in [3.05, 3.63) is 0 Å². The molecule has 82 valence electrons. The summed E-state index contributed by atoms with van der Waals surface area (Å²) in [6.45, 7) is 5.84. The second kappa shape index (κ2) is 4.99. The molecule has 0 radical (unpaired) electrons. The van der Waals surface area contributed by atoms with Gasteiger partial charge in [0.15, 0.2) is 0 Å². The molecular weight excluding hydrogens is 202 g/mol. The fraction of sp³-hybridized carbons (Fsp3) is 0.900. The van der Waals surface area contributed by atoms with Crippen LogP contribution >= 0.6 is 11.6 Å². The smallest absolute Gasteiger partial charge is 0.240 e. The summed E-state index contributed by atoms with van der Waals surface area (Å²) >= 11 is 6.01. The first-order valence-corrected chi connectivity index (χ1v) is 5.54. The van der Waals surface area contributed by atoms with Gasteiger partial charge in [-0.25, -0.2) is 0 Å². The summed E-state index contributed by atoms with van der Waals surface area (Å²) in [6.07, 6.45) is 1.97. The lowest BCUT2D eigenvalue weighted by Crippen LogP contribution is -2.41. The quantitative estimate of drug-likeness (QED) is 0.734. The van der Waals surface area contributed by atoms with E-state index in [1.165, 1.54) is 0 Å². The number of carbonyl (C=O) groups excluding carboxylic acids is 1. The first-order chi connectivity index (χ1) is 6.50. The molecule has 1 fully saturated rings. The van der Waals surface area contributed by atoms with Crippen molar-refractivity contribution in [2.24, 2.45) is 0 Å². The molecule has 0 aromatic carbocycles. The highest BCUT2D eigenvalue weighted by Crippen LogP contribution is 2.24. The van der Waals surface area contributed by atoms with E-state index >= 15 is 0 Å². The topological polar surface area (TPSA) is 38.3 Å². The molecule has 4 heteroatoms. The van der Waals surface area contributed by atoms with Crippen molar-refractivity contribution in [1.29, 1.82) is 0 Å². The lowest BCUT2D eigenvalue weighted by Gasteiger charge is -2.18. The SMILES string of the molecule is CC(C)NC(=O)C(Cl)C1CCC(C)O1. The lowest BCUT2D eigenvalue weighted by molar-refractivity contribution is -0.123. The monoisotopic (exact) mass is 219 g/mol. The van der Waals surface area contributed by atoms with Crippen molar-refractivity contribution >= 4 is 17.5 Å². The Morgan fingerprint density at radius 1 is 1.50 bits per heavy atom. The fourth-order valence-corrected chi connectivity index (χ4v) is 1.83. The molecule has 0 spiro atoms. The summed E-state index contributed by atoms with van der Waals surface area (Å²) in [4.78, 5) is 11.5. The van der Waals surface area contributed by atoms with Gasteiger partial charge in [0.05, 0.1) is 12.2 Å².